The van der Waals surface area contributed by atoms with Crippen molar-refractivity contribution in [2.24, 2.45) is 23.2 Å². The lowest BCUT2D eigenvalue weighted by atomic mass is 9.65. The summed E-state index contributed by atoms with van der Waals surface area (Å²) in [5, 5.41) is 10.1. The van der Waals surface area contributed by atoms with Gasteiger partial charge in [-0.1, -0.05) is 26.0 Å². The second-order valence-electron chi connectivity index (χ2n) is 5.84. The van der Waals surface area contributed by atoms with E-state index in [4.69, 9.17) is 0 Å². The van der Waals surface area contributed by atoms with Gasteiger partial charge in [-0.05, 0) is 43.4 Å². The molecule has 1 fully saturated rings. The Kier molecular flexibility index (Phi) is 1.70. The van der Waals surface area contributed by atoms with Crippen LogP contribution in [0.4, 0.5) is 0 Å². The maximum Gasteiger partial charge on any atom is 0.0630 e. The van der Waals surface area contributed by atoms with Crippen molar-refractivity contribution >= 4 is 0 Å². The molecule has 0 unspecified atom stereocenters. The average Bonchev–Trinajstić information content (AvgIpc) is 2.38. The summed E-state index contributed by atoms with van der Waals surface area (Å²) >= 11 is 0. The highest BCUT2D eigenvalue weighted by Gasteiger charge is 2.54. The summed E-state index contributed by atoms with van der Waals surface area (Å²) in [6, 6.07) is 0. The van der Waals surface area contributed by atoms with Crippen LogP contribution in [0.5, 0.6) is 0 Å². The lowest BCUT2D eigenvalue weighted by Gasteiger charge is -2.42. The number of fused-ring (bicyclic) bond motifs is 2. The highest BCUT2D eigenvalue weighted by molar-refractivity contribution is 5.19. The first-order chi connectivity index (χ1) is 5.83. The van der Waals surface area contributed by atoms with Crippen molar-refractivity contribution in [2.75, 3.05) is 0 Å². The van der Waals surface area contributed by atoms with Gasteiger partial charge in [0.15, 0.2) is 0 Å². The molecule has 0 radical (unpaired) electrons. The van der Waals surface area contributed by atoms with Crippen LogP contribution in [0, 0.1) is 23.2 Å². The van der Waals surface area contributed by atoms with Gasteiger partial charge in [0.25, 0.3) is 0 Å². The maximum absolute atomic E-state index is 10.1. The monoisotopic (exact) mass is 180 g/mol. The van der Waals surface area contributed by atoms with E-state index in [0.29, 0.717) is 17.8 Å². The van der Waals surface area contributed by atoms with Crippen LogP contribution in [0.3, 0.4) is 0 Å². The van der Waals surface area contributed by atoms with E-state index >= 15 is 0 Å². The molecule has 0 aliphatic heterocycles. The van der Waals surface area contributed by atoms with Crippen LogP contribution < -0.4 is 0 Å². The Labute approximate surface area is 80.8 Å². The van der Waals surface area contributed by atoms with Gasteiger partial charge in [0.2, 0.25) is 0 Å². The van der Waals surface area contributed by atoms with Crippen LogP contribution in [0.25, 0.3) is 0 Å². The van der Waals surface area contributed by atoms with Gasteiger partial charge in [-0.2, -0.15) is 0 Å². The van der Waals surface area contributed by atoms with Crippen molar-refractivity contribution in [3.63, 3.8) is 0 Å². The molecule has 2 aliphatic rings. The summed E-state index contributed by atoms with van der Waals surface area (Å²) in [5.41, 5.74) is -0.259. The van der Waals surface area contributed by atoms with Crippen molar-refractivity contribution in [1.29, 1.82) is 0 Å². The minimum absolute atomic E-state index is 0.275. The third kappa shape index (κ3) is 1.17. The molecule has 0 aromatic carbocycles. The van der Waals surface area contributed by atoms with E-state index < -0.39 is 5.60 Å². The molecule has 74 valence electrons. The maximum atomic E-state index is 10.1. The van der Waals surface area contributed by atoms with Crippen LogP contribution in [0.15, 0.2) is 12.2 Å². The quantitative estimate of drug-likeness (QED) is 0.615. The molecule has 0 spiro atoms. The van der Waals surface area contributed by atoms with Gasteiger partial charge in [-0.25, -0.2) is 0 Å². The normalized spacial score (nSPS) is 41.5. The first-order valence-electron chi connectivity index (χ1n) is 5.24. The third-order valence-electron chi connectivity index (χ3n) is 4.06. The molecule has 1 heteroatoms. The van der Waals surface area contributed by atoms with Crippen LogP contribution >= 0.6 is 0 Å². The molecule has 0 aromatic rings. The minimum Gasteiger partial charge on any atom is -0.390 e. The Hall–Kier alpha value is -0.300. The van der Waals surface area contributed by atoms with Crippen molar-refractivity contribution in [3.8, 4) is 0 Å². The minimum atomic E-state index is -0.534. The lowest BCUT2D eigenvalue weighted by Crippen LogP contribution is -2.43. The number of rotatable bonds is 1. The smallest absolute Gasteiger partial charge is 0.0630 e. The summed E-state index contributed by atoms with van der Waals surface area (Å²) < 4.78 is 0. The van der Waals surface area contributed by atoms with E-state index in [0.717, 1.165) is 0 Å². The first kappa shape index (κ1) is 9.26. The van der Waals surface area contributed by atoms with Gasteiger partial charge in [0.05, 0.1) is 5.60 Å². The summed E-state index contributed by atoms with van der Waals surface area (Å²) in [4.78, 5) is 0. The third-order valence-corrected chi connectivity index (χ3v) is 4.06. The Morgan fingerprint density at radius 3 is 2.23 bits per heavy atom. The summed E-state index contributed by atoms with van der Waals surface area (Å²) in [7, 11) is 0. The van der Waals surface area contributed by atoms with E-state index in [1.165, 1.54) is 6.42 Å². The van der Waals surface area contributed by atoms with E-state index in [1.54, 1.807) is 0 Å². The van der Waals surface area contributed by atoms with Crippen LogP contribution in [0.2, 0.25) is 0 Å². The Bertz CT molecular complexity index is 244. The topological polar surface area (TPSA) is 20.2 Å². The molecule has 0 amide bonds. The van der Waals surface area contributed by atoms with Crippen molar-refractivity contribution in [3.05, 3.63) is 12.2 Å². The Morgan fingerprint density at radius 2 is 1.92 bits per heavy atom. The summed E-state index contributed by atoms with van der Waals surface area (Å²) in [5.74, 6) is 1.73. The lowest BCUT2D eigenvalue weighted by molar-refractivity contribution is -0.0440. The van der Waals surface area contributed by atoms with Crippen molar-refractivity contribution in [2.45, 2.75) is 39.7 Å². The molecular formula is C12H20O. The zero-order valence-electron chi connectivity index (χ0n) is 9.04. The molecule has 2 rings (SSSR count). The zero-order chi connectivity index (χ0) is 9.85. The van der Waals surface area contributed by atoms with E-state index in [-0.39, 0.29) is 5.41 Å². The summed E-state index contributed by atoms with van der Waals surface area (Å²) in [6.07, 6.45) is 5.90. The van der Waals surface area contributed by atoms with E-state index in [2.05, 4.69) is 26.0 Å². The molecular weight excluding hydrogens is 160 g/mol. The fraction of sp³-hybridized carbons (Fsp3) is 0.833. The van der Waals surface area contributed by atoms with Gasteiger partial charge >= 0.3 is 0 Å². The molecule has 0 saturated heterocycles. The Morgan fingerprint density at radius 1 is 1.31 bits per heavy atom. The summed E-state index contributed by atoms with van der Waals surface area (Å²) in [6.45, 7) is 8.50. The first-order valence-corrected chi connectivity index (χ1v) is 5.24. The van der Waals surface area contributed by atoms with Gasteiger partial charge in [-0.3, -0.25) is 0 Å². The van der Waals surface area contributed by atoms with Crippen molar-refractivity contribution in [1.82, 2.24) is 0 Å². The zero-order valence-corrected chi connectivity index (χ0v) is 9.04. The molecule has 0 aromatic heterocycles. The van der Waals surface area contributed by atoms with Gasteiger partial charge in [0.1, 0.15) is 0 Å². The van der Waals surface area contributed by atoms with Gasteiger partial charge < -0.3 is 5.11 Å². The Balaban J connectivity index is 2.35. The van der Waals surface area contributed by atoms with E-state index in [1.807, 2.05) is 13.8 Å². The molecule has 1 N–H and O–H groups in total. The molecule has 3 atom stereocenters. The molecule has 2 bridgehead atoms. The molecule has 13 heavy (non-hydrogen) atoms. The molecule has 0 heterocycles. The van der Waals surface area contributed by atoms with Crippen LogP contribution in [0.1, 0.15) is 34.1 Å². The van der Waals surface area contributed by atoms with Gasteiger partial charge in [-0.15, -0.1) is 0 Å². The number of hydrogen-bond acceptors (Lipinski definition) is 1. The van der Waals surface area contributed by atoms with Crippen molar-refractivity contribution < 1.29 is 5.11 Å². The number of allylic oxidation sites excluding steroid dienone is 2. The molecule has 2 aliphatic carbocycles. The fourth-order valence-corrected chi connectivity index (χ4v) is 3.74. The number of hydrogen-bond donors (Lipinski definition) is 1. The predicted molar refractivity (Wildman–Crippen MR) is 54.3 cm³/mol. The predicted octanol–water partition coefficient (Wildman–Crippen LogP) is 2.61. The largest absolute Gasteiger partial charge is 0.390 e. The highest BCUT2D eigenvalue weighted by Crippen LogP contribution is 2.58. The van der Waals surface area contributed by atoms with Crippen LogP contribution in [-0.2, 0) is 0 Å². The average molecular weight is 180 g/mol. The molecule has 1 nitrogen and oxygen atoms in total. The highest BCUT2D eigenvalue weighted by atomic mass is 16.3. The number of aliphatic hydroxyl groups is 1. The second-order valence-corrected chi connectivity index (χ2v) is 5.84. The van der Waals surface area contributed by atoms with Gasteiger partial charge in [0, 0.05) is 0 Å². The molecule has 1 saturated carbocycles. The second kappa shape index (κ2) is 2.38. The fourth-order valence-electron chi connectivity index (χ4n) is 3.74. The SMILES string of the molecule is CC(C)(O)[C@H]1[C@@H]2C=C[C@@H](C2)C1(C)C. The van der Waals surface area contributed by atoms with E-state index in [9.17, 15) is 5.11 Å². The standard InChI is InChI=1S/C12H20O/c1-11(2)9-6-5-8(7-9)10(11)12(3,4)13/h5-6,8-10,13H,7H2,1-4H3/t8-,9+,10+/m1/s1. The van der Waals surface area contributed by atoms with Crippen LogP contribution in [-0.4, -0.2) is 10.7 Å².